The summed E-state index contributed by atoms with van der Waals surface area (Å²) in [5.74, 6) is 0.342. The van der Waals surface area contributed by atoms with E-state index < -0.39 is 0 Å². The highest BCUT2D eigenvalue weighted by Crippen LogP contribution is 2.38. The van der Waals surface area contributed by atoms with Gasteiger partial charge in [0.15, 0.2) is 0 Å². The van der Waals surface area contributed by atoms with Gasteiger partial charge in [0, 0.05) is 11.8 Å². The average molecular weight is 410 g/mol. The zero-order valence-electron chi connectivity index (χ0n) is 17.3. The maximum Gasteiger partial charge on any atom is 0.268 e. The van der Waals surface area contributed by atoms with Crippen molar-refractivity contribution in [2.45, 2.75) is 45.5 Å². The lowest BCUT2D eigenvalue weighted by Crippen LogP contribution is -2.33. The molecule has 0 unspecified atom stereocenters. The minimum atomic E-state index is -0.216. The molecule has 0 fully saturated rings. The predicted molar refractivity (Wildman–Crippen MR) is 119 cm³/mol. The van der Waals surface area contributed by atoms with Crippen LogP contribution in [0.15, 0.2) is 59.5 Å². The molecule has 5 heteroatoms. The van der Waals surface area contributed by atoms with E-state index in [0.717, 1.165) is 16.9 Å². The first-order valence-electron chi connectivity index (χ1n) is 9.95. The largest absolute Gasteiger partial charge is 0.491 e. The third-order valence-corrected chi connectivity index (χ3v) is 5.55. The zero-order valence-corrected chi connectivity index (χ0v) is 18.2. The van der Waals surface area contributed by atoms with Crippen molar-refractivity contribution >= 4 is 29.1 Å². The van der Waals surface area contributed by atoms with Gasteiger partial charge in [-0.25, -0.2) is 0 Å². The Hall–Kier alpha value is -2.53. The first kappa shape index (κ1) is 21.2. The Balaban J connectivity index is 1.86. The molecule has 29 heavy (non-hydrogen) atoms. The molecule has 0 saturated carbocycles. The Labute approximate surface area is 176 Å². The summed E-state index contributed by atoms with van der Waals surface area (Å²) in [5, 5.41) is 0.203. The summed E-state index contributed by atoms with van der Waals surface area (Å²) in [6.07, 6.45) is 0.724. The summed E-state index contributed by atoms with van der Waals surface area (Å²) in [4.78, 5) is 28.2. The predicted octanol–water partition coefficient (Wildman–Crippen LogP) is 4.94. The molecule has 0 N–H and O–H groups in total. The lowest BCUT2D eigenvalue weighted by molar-refractivity contribution is -0.136. The number of hydrogen-bond donors (Lipinski definition) is 0. The molecule has 0 saturated heterocycles. The summed E-state index contributed by atoms with van der Waals surface area (Å²) in [7, 11) is 0. The second-order valence-electron chi connectivity index (χ2n) is 7.56. The standard InChI is InChI=1S/C24H27NO3S/c1-16(2)28-20-12-10-19(11-13-20)21-22(29-17(3)4)24(27)25(23(21)26)15-14-18-8-6-5-7-9-18/h5-13,16-17H,14-15H2,1-4H3. The van der Waals surface area contributed by atoms with Crippen LogP contribution in [0.25, 0.3) is 5.57 Å². The van der Waals surface area contributed by atoms with Gasteiger partial charge in [0.25, 0.3) is 11.8 Å². The first-order valence-corrected chi connectivity index (χ1v) is 10.8. The van der Waals surface area contributed by atoms with Crippen molar-refractivity contribution in [3.8, 4) is 5.75 Å². The van der Waals surface area contributed by atoms with Crippen LogP contribution in [0, 0.1) is 0 Å². The van der Waals surface area contributed by atoms with Gasteiger partial charge in [-0.15, -0.1) is 11.8 Å². The van der Waals surface area contributed by atoms with E-state index in [1.807, 2.05) is 82.3 Å². The Morgan fingerprint density at radius 1 is 0.897 bits per heavy atom. The number of carbonyl (C=O) groups excluding carboxylic acids is 2. The van der Waals surface area contributed by atoms with Crippen molar-refractivity contribution in [1.82, 2.24) is 4.90 Å². The highest BCUT2D eigenvalue weighted by Gasteiger charge is 2.39. The SMILES string of the molecule is CC(C)Oc1ccc(C2=C(SC(C)C)C(=O)N(CCc3ccccc3)C2=O)cc1. The third-order valence-electron chi connectivity index (χ3n) is 4.46. The lowest BCUT2D eigenvalue weighted by Gasteiger charge is -2.15. The minimum Gasteiger partial charge on any atom is -0.491 e. The van der Waals surface area contributed by atoms with E-state index in [9.17, 15) is 9.59 Å². The molecule has 3 rings (SSSR count). The summed E-state index contributed by atoms with van der Waals surface area (Å²) >= 11 is 1.45. The summed E-state index contributed by atoms with van der Waals surface area (Å²) in [6, 6.07) is 17.3. The van der Waals surface area contributed by atoms with Crippen LogP contribution in [0.5, 0.6) is 5.75 Å². The van der Waals surface area contributed by atoms with E-state index in [0.29, 0.717) is 23.4 Å². The lowest BCUT2D eigenvalue weighted by atomic mass is 10.1. The second kappa shape index (κ2) is 9.31. The number of amides is 2. The molecular weight excluding hydrogens is 382 g/mol. The number of ether oxygens (including phenoxy) is 1. The van der Waals surface area contributed by atoms with Gasteiger partial charge in [0.05, 0.1) is 16.6 Å². The molecule has 0 spiro atoms. The number of thioether (sulfide) groups is 1. The quantitative estimate of drug-likeness (QED) is 0.580. The highest BCUT2D eigenvalue weighted by atomic mass is 32.2. The average Bonchev–Trinajstić information content (AvgIpc) is 2.90. The number of carbonyl (C=O) groups is 2. The van der Waals surface area contributed by atoms with Crippen LogP contribution in [0.2, 0.25) is 0 Å². The summed E-state index contributed by atoms with van der Waals surface area (Å²) in [6.45, 7) is 8.37. The van der Waals surface area contributed by atoms with Crippen molar-refractivity contribution < 1.29 is 14.3 Å². The van der Waals surface area contributed by atoms with Gasteiger partial charge >= 0.3 is 0 Å². The molecule has 1 heterocycles. The molecule has 152 valence electrons. The van der Waals surface area contributed by atoms with Gasteiger partial charge in [0.1, 0.15) is 5.75 Å². The van der Waals surface area contributed by atoms with Crippen LogP contribution in [0.1, 0.15) is 38.8 Å². The van der Waals surface area contributed by atoms with E-state index in [-0.39, 0.29) is 23.2 Å². The maximum atomic E-state index is 13.2. The van der Waals surface area contributed by atoms with E-state index in [1.54, 1.807) is 0 Å². The Morgan fingerprint density at radius 2 is 1.55 bits per heavy atom. The van der Waals surface area contributed by atoms with Crippen LogP contribution in [0.3, 0.4) is 0 Å². The molecule has 0 aliphatic carbocycles. The number of imide groups is 1. The molecule has 4 nitrogen and oxygen atoms in total. The van der Waals surface area contributed by atoms with Crippen molar-refractivity contribution in [1.29, 1.82) is 0 Å². The highest BCUT2D eigenvalue weighted by molar-refractivity contribution is 8.04. The third kappa shape index (κ3) is 5.10. The molecule has 1 aliphatic heterocycles. The molecule has 2 aromatic rings. The monoisotopic (exact) mass is 409 g/mol. The fraction of sp³-hybridized carbons (Fsp3) is 0.333. The van der Waals surface area contributed by atoms with Crippen molar-refractivity contribution in [3.05, 3.63) is 70.6 Å². The van der Waals surface area contributed by atoms with Crippen LogP contribution >= 0.6 is 11.8 Å². The number of nitrogens with zero attached hydrogens (tertiary/aromatic N) is 1. The molecule has 0 atom stereocenters. The van der Waals surface area contributed by atoms with Gasteiger partial charge < -0.3 is 4.74 Å². The van der Waals surface area contributed by atoms with Crippen LogP contribution in [-0.4, -0.2) is 34.6 Å². The second-order valence-corrected chi connectivity index (χ2v) is 9.15. The van der Waals surface area contributed by atoms with Crippen molar-refractivity contribution in [2.24, 2.45) is 0 Å². The fourth-order valence-electron chi connectivity index (χ4n) is 3.21. The number of benzene rings is 2. The summed E-state index contributed by atoms with van der Waals surface area (Å²) in [5.41, 5.74) is 2.36. The molecule has 0 radical (unpaired) electrons. The zero-order chi connectivity index (χ0) is 21.0. The Bertz CT molecular complexity index is 901. The molecule has 0 aromatic heterocycles. The Kier molecular flexibility index (Phi) is 6.80. The summed E-state index contributed by atoms with van der Waals surface area (Å²) < 4.78 is 5.70. The normalized spacial score (nSPS) is 14.5. The molecule has 2 aromatic carbocycles. The molecule has 2 amide bonds. The van der Waals surface area contributed by atoms with E-state index in [1.165, 1.54) is 16.7 Å². The smallest absolute Gasteiger partial charge is 0.268 e. The number of hydrogen-bond acceptors (Lipinski definition) is 4. The van der Waals surface area contributed by atoms with E-state index in [4.69, 9.17) is 4.74 Å². The van der Waals surface area contributed by atoms with Gasteiger partial charge in [0.2, 0.25) is 0 Å². The van der Waals surface area contributed by atoms with Gasteiger partial charge in [-0.05, 0) is 43.5 Å². The molecule has 0 bridgehead atoms. The molecular formula is C24H27NO3S. The van der Waals surface area contributed by atoms with Crippen LogP contribution < -0.4 is 4.74 Å². The van der Waals surface area contributed by atoms with Crippen LogP contribution in [-0.2, 0) is 16.0 Å². The number of rotatable bonds is 8. The van der Waals surface area contributed by atoms with Crippen molar-refractivity contribution in [2.75, 3.05) is 6.54 Å². The van der Waals surface area contributed by atoms with Gasteiger partial charge in [-0.3, -0.25) is 14.5 Å². The van der Waals surface area contributed by atoms with Gasteiger partial charge in [-0.1, -0.05) is 56.3 Å². The van der Waals surface area contributed by atoms with Gasteiger partial charge in [-0.2, -0.15) is 0 Å². The first-order chi connectivity index (χ1) is 13.9. The fourth-order valence-corrected chi connectivity index (χ4v) is 4.22. The van der Waals surface area contributed by atoms with E-state index >= 15 is 0 Å². The topological polar surface area (TPSA) is 46.6 Å². The van der Waals surface area contributed by atoms with Crippen molar-refractivity contribution in [3.63, 3.8) is 0 Å². The van der Waals surface area contributed by atoms with Crippen LogP contribution in [0.4, 0.5) is 0 Å². The van der Waals surface area contributed by atoms with E-state index in [2.05, 4.69) is 0 Å². The maximum absolute atomic E-state index is 13.2. The molecule has 1 aliphatic rings. The minimum absolute atomic E-state index is 0.0790. The Morgan fingerprint density at radius 3 is 2.14 bits per heavy atom.